The summed E-state index contributed by atoms with van der Waals surface area (Å²) in [6, 6.07) is 17.4. The standard InChI is InChI=1S/C28H26Cl2N4O5/c29-21-12-20(26(36)34-11-10-18-8-4-5-9-19(18)15-34)13-22(30)24(21)25(35)33-23(14-32-28(31)38)27(37)39-16-17-6-2-1-3-7-17/h1-9,12-13,23H,10-11,14-16H2,(H,33,35)(H3,31,32,38)/t23-/m0/s1. The summed E-state index contributed by atoms with van der Waals surface area (Å²) < 4.78 is 5.30. The van der Waals surface area contributed by atoms with E-state index in [0.29, 0.717) is 13.1 Å². The van der Waals surface area contributed by atoms with Gasteiger partial charge in [-0.15, -0.1) is 0 Å². The highest BCUT2D eigenvalue weighted by molar-refractivity contribution is 6.40. The second-order valence-electron chi connectivity index (χ2n) is 8.92. The zero-order valence-electron chi connectivity index (χ0n) is 20.8. The summed E-state index contributed by atoms with van der Waals surface area (Å²) in [5.41, 5.74) is 8.25. The number of carbonyl (C=O) groups excluding carboxylic acids is 4. The minimum absolute atomic E-state index is 0.0398. The van der Waals surface area contributed by atoms with Crippen molar-refractivity contribution in [2.24, 2.45) is 5.73 Å². The molecule has 4 N–H and O–H groups in total. The maximum absolute atomic E-state index is 13.2. The van der Waals surface area contributed by atoms with Gasteiger partial charge in [0, 0.05) is 18.7 Å². The number of carbonyl (C=O) groups is 4. The van der Waals surface area contributed by atoms with Crippen LogP contribution in [-0.2, 0) is 29.1 Å². The van der Waals surface area contributed by atoms with Crippen LogP contribution in [0.25, 0.3) is 0 Å². The smallest absolute Gasteiger partial charge is 0.330 e. The fourth-order valence-electron chi connectivity index (χ4n) is 4.22. The Morgan fingerprint density at radius 2 is 1.59 bits per heavy atom. The van der Waals surface area contributed by atoms with Crippen molar-refractivity contribution in [2.75, 3.05) is 13.1 Å². The van der Waals surface area contributed by atoms with Crippen molar-refractivity contribution in [1.82, 2.24) is 15.5 Å². The van der Waals surface area contributed by atoms with E-state index in [-0.39, 0.29) is 40.2 Å². The first-order valence-corrected chi connectivity index (χ1v) is 12.9. The highest BCUT2D eigenvalue weighted by atomic mass is 35.5. The Bertz CT molecular complexity index is 1380. The molecule has 3 aromatic rings. The quantitative estimate of drug-likeness (QED) is 0.356. The Morgan fingerprint density at radius 1 is 0.949 bits per heavy atom. The minimum Gasteiger partial charge on any atom is -0.459 e. The Labute approximate surface area is 235 Å². The summed E-state index contributed by atoms with van der Waals surface area (Å²) in [5.74, 6) is -1.86. The molecular formula is C28H26Cl2N4O5. The van der Waals surface area contributed by atoms with Gasteiger partial charge >= 0.3 is 12.0 Å². The Morgan fingerprint density at radius 3 is 2.26 bits per heavy atom. The van der Waals surface area contributed by atoms with Crippen molar-refractivity contribution in [1.29, 1.82) is 0 Å². The molecule has 11 heteroatoms. The first-order chi connectivity index (χ1) is 18.7. The third kappa shape index (κ3) is 7.07. The summed E-state index contributed by atoms with van der Waals surface area (Å²) in [7, 11) is 0. The maximum atomic E-state index is 13.2. The van der Waals surface area contributed by atoms with Gasteiger partial charge < -0.3 is 26.0 Å². The lowest BCUT2D eigenvalue weighted by Gasteiger charge is -2.29. The van der Waals surface area contributed by atoms with Gasteiger partial charge in [-0.1, -0.05) is 77.8 Å². The normalized spacial score (nSPS) is 13.1. The van der Waals surface area contributed by atoms with Crippen molar-refractivity contribution in [3.05, 3.63) is 105 Å². The van der Waals surface area contributed by atoms with E-state index in [0.717, 1.165) is 17.5 Å². The van der Waals surface area contributed by atoms with Crippen LogP contribution in [0.5, 0.6) is 0 Å². The van der Waals surface area contributed by atoms with Crippen LogP contribution in [0.3, 0.4) is 0 Å². The number of nitrogens with two attached hydrogens (primary N) is 1. The molecule has 4 amide bonds. The van der Waals surface area contributed by atoms with Gasteiger partial charge in [-0.3, -0.25) is 9.59 Å². The molecule has 39 heavy (non-hydrogen) atoms. The summed E-state index contributed by atoms with van der Waals surface area (Å²) in [5, 5.41) is 4.63. The van der Waals surface area contributed by atoms with Crippen molar-refractivity contribution >= 4 is 47.0 Å². The van der Waals surface area contributed by atoms with Crippen LogP contribution in [0.4, 0.5) is 4.79 Å². The van der Waals surface area contributed by atoms with E-state index in [1.807, 2.05) is 30.3 Å². The molecule has 1 aliphatic rings. The van der Waals surface area contributed by atoms with Gasteiger partial charge in [0.15, 0.2) is 0 Å². The van der Waals surface area contributed by atoms with Gasteiger partial charge in [0.25, 0.3) is 11.8 Å². The highest BCUT2D eigenvalue weighted by Gasteiger charge is 2.28. The number of hydrogen-bond acceptors (Lipinski definition) is 5. The summed E-state index contributed by atoms with van der Waals surface area (Å²) in [6.45, 7) is 0.623. The van der Waals surface area contributed by atoms with Crippen LogP contribution in [0, 0.1) is 0 Å². The van der Waals surface area contributed by atoms with Crippen molar-refractivity contribution in [2.45, 2.75) is 25.6 Å². The van der Waals surface area contributed by atoms with Crippen LogP contribution < -0.4 is 16.4 Å². The van der Waals surface area contributed by atoms with Crippen molar-refractivity contribution in [3.8, 4) is 0 Å². The van der Waals surface area contributed by atoms with Crippen LogP contribution in [-0.4, -0.2) is 47.8 Å². The number of hydrogen-bond donors (Lipinski definition) is 3. The second-order valence-corrected chi connectivity index (χ2v) is 9.74. The molecule has 0 aliphatic carbocycles. The fourth-order valence-corrected chi connectivity index (χ4v) is 4.88. The average molecular weight is 569 g/mol. The number of nitrogens with zero attached hydrogens (tertiary/aromatic N) is 1. The number of ether oxygens (including phenoxy) is 1. The number of fused-ring (bicyclic) bond motifs is 1. The molecule has 0 saturated heterocycles. The molecule has 0 spiro atoms. The van der Waals surface area contributed by atoms with E-state index in [2.05, 4.69) is 10.6 Å². The van der Waals surface area contributed by atoms with E-state index in [1.54, 1.807) is 29.2 Å². The van der Waals surface area contributed by atoms with Gasteiger partial charge in [-0.05, 0) is 35.2 Å². The molecule has 0 bridgehead atoms. The lowest BCUT2D eigenvalue weighted by molar-refractivity contribution is -0.147. The van der Waals surface area contributed by atoms with Crippen molar-refractivity contribution in [3.63, 3.8) is 0 Å². The number of nitrogens with one attached hydrogen (secondary N) is 2. The Kier molecular flexibility index (Phi) is 9.06. The lowest BCUT2D eigenvalue weighted by Crippen LogP contribution is -2.50. The van der Waals surface area contributed by atoms with Crippen molar-refractivity contribution < 1.29 is 23.9 Å². The molecule has 202 valence electrons. The molecule has 1 aliphatic heterocycles. The zero-order chi connectivity index (χ0) is 27.9. The molecular weight excluding hydrogens is 543 g/mol. The summed E-state index contributed by atoms with van der Waals surface area (Å²) in [6.07, 6.45) is 0.727. The van der Waals surface area contributed by atoms with Gasteiger partial charge in [0.1, 0.15) is 12.6 Å². The monoisotopic (exact) mass is 568 g/mol. The summed E-state index contributed by atoms with van der Waals surface area (Å²) >= 11 is 12.8. The number of urea groups is 1. The first kappa shape index (κ1) is 27.9. The molecule has 0 radical (unpaired) electrons. The second kappa shape index (κ2) is 12.6. The fraction of sp³-hybridized carbons (Fsp3) is 0.214. The van der Waals surface area contributed by atoms with E-state index >= 15 is 0 Å². The van der Waals surface area contributed by atoms with E-state index in [1.165, 1.54) is 17.7 Å². The lowest BCUT2D eigenvalue weighted by atomic mass is 9.99. The number of benzene rings is 3. The Hall–Kier alpha value is -4.08. The number of halogens is 2. The molecule has 0 fully saturated rings. The Balaban J connectivity index is 1.47. The molecule has 0 saturated carbocycles. The zero-order valence-corrected chi connectivity index (χ0v) is 22.3. The number of rotatable bonds is 8. The van der Waals surface area contributed by atoms with Crippen LogP contribution in [0.1, 0.15) is 37.4 Å². The van der Waals surface area contributed by atoms with Gasteiger partial charge in [0.05, 0.1) is 22.2 Å². The minimum atomic E-state index is -1.28. The predicted molar refractivity (Wildman–Crippen MR) is 146 cm³/mol. The van der Waals surface area contributed by atoms with Gasteiger partial charge in [0.2, 0.25) is 0 Å². The molecule has 0 unspecified atom stereocenters. The third-order valence-electron chi connectivity index (χ3n) is 6.23. The largest absolute Gasteiger partial charge is 0.459 e. The van der Waals surface area contributed by atoms with Crippen LogP contribution in [0.15, 0.2) is 66.7 Å². The summed E-state index contributed by atoms with van der Waals surface area (Å²) in [4.78, 5) is 52.0. The molecule has 4 rings (SSSR count). The topological polar surface area (TPSA) is 131 Å². The first-order valence-electron chi connectivity index (χ1n) is 12.1. The molecule has 0 aromatic heterocycles. The van der Waals surface area contributed by atoms with E-state index in [4.69, 9.17) is 33.7 Å². The van der Waals surface area contributed by atoms with E-state index < -0.39 is 23.9 Å². The SMILES string of the molecule is NC(=O)NC[C@H](NC(=O)c1c(Cl)cc(C(=O)N2CCc3ccccc3C2)cc1Cl)C(=O)OCc1ccccc1. The van der Waals surface area contributed by atoms with Crippen LogP contribution >= 0.6 is 23.2 Å². The number of esters is 1. The van der Waals surface area contributed by atoms with Gasteiger partial charge in [-0.2, -0.15) is 0 Å². The average Bonchev–Trinajstić information content (AvgIpc) is 2.93. The van der Waals surface area contributed by atoms with Gasteiger partial charge in [-0.25, -0.2) is 9.59 Å². The van der Waals surface area contributed by atoms with Crippen LogP contribution in [0.2, 0.25) is 10.0 Å². The predicted octanol–water partition coefficient (Wildman–Crippen LogP) is 3.70. The number of primary amides is 1. The van der Waals surface area contributed by atoms with E-state index in [9.17, 15) is 19.2 Å². The molecule has 3 aromatic carbocycles. The molecule has 1 heterocycles. The third-order valence-corrected chi connectivity index (χ3v) is 6.82. The number of amides is 4. The maximum Gasteiger partial charge on any atom is 0.330 e. The highest BCUT2D eigenvalue weighted by Crippen LogP contribution is 2.29. The molecule has 1 atom stereocenters. The molecule has 9 nitrogen and oxygen atoms in total.